The van der Waals surface area contributed by atoms with E-state index in [9.17, 15) is 47.1 Å². The van der Waals surface area contributed by atoms with Crippen LogP contribution < -0.4 is 21.7 Å². The highest BCUT2D eigenvalue weighted by Crippen LogP contribution is 2.43. The van der Waals surface area contributed by atoms with Crippen LogP contribution in [0.3, 0.4) is 0 Å². The quantitative estimate of drug-likeness (QED) is 0.0376. The summed E-state index contributed by atoms with van der Waals surface area (Å²) in [6.07, 6.45) is 1.59. The minimum Gasteiger partial charge on any atom is -0.370 e. The van der Waals surface area contributed by atoms with Gasteiger partial charge in [0.2, 0.25) is 35.4 Å². The van der Waals surface area contributed by atoms with Crippen molar-refractivity contribution >= 4 is 88.6 Å². The van der Waals surface area contributed by atoms with E-state index >= 15 is 0 Å². The van der Waals surface area contributed by atoms with Gasteiger partial charge in [-0.3, -0.25) is 43.7 Å². The summed E-state index contributed by atoms with van der Waals surface area (Å²) in [7, 11) is -3.39. The molecule has 24 heteroatoms. The van der Waals surface area contributed by atoms with Gasteiger partial charge in [-0.1, -0.05) is 24.3 Å². The number of nitrogens with two attached hydrogens (primary N) is 1. The smallest absolute Gasteiger partial charge is 0.370 e. The van der Waals surface area contributed by atoms with Gasteiger partial charge in [0.05, 0.1) is 16.5 Å². The number of rotatable bonds is 17. The molecular weight excluding hydrogens is 998 g/mol. The Bertz CT molecular complexity index is 2840. The van der Waals surface area contributed by atoms with Crippen LogP contribution in [0.1, 0.15) is 125 Å². The normalized spacial score (nSPS) is 20.6. The molecule has 19 nitrogen and oxygen atoms in total. The SMILES string of the molecule is NC(=O)CC[C@H](NC(=O)[C@@H]1CC[C@@H]2CCN(C(=O)CCCCCC#Cc3cccc4c3CN(C3CCC(=O)NC3=O)C4=O)C[C@H](NC(=O)c3cc4cc(C(F)(F)OP(O)O)ccc4s3)C(=O)N21)c1nccs1. The van der Waals surface area contributed by atoms with Crippen molar-refractivity contribution in [2.45, 2.75) is 120 Å². The largest absolute Gasteiger partial charge is 0.389 e. The van der Waals surface area contributed by atoms with Crippen molar-refractivity contribution in [2.24, 2.45) is 5.73 Å². The van der Waals surface area contributed by atoms with Crippen molar-refractivity contribution in [1.29, 1.82) is 0 Å². The second kappa shape index (κ2) is 22.6. The molecule has 8 rings (SSSR count). The molecule has 4 aliphatic heterocycles. The Balaban J connectivity index is 0.929. The first-order valence-corrected chi connectivity index (χ1v) is 26.3. The fourth-order valence-electron chi connectivity index (χ4n) is 9.59. The molecule has 3 fully saturated rings. The third-order valence-corrected chi connectivity index (χ3v) is 15.6. The van der Waals surface area contributed by atoms with E-state index in [2.05, 4.69) is 37.3 Å². The van der Waals surface area contributed by atoms with Gasteiger partial charge in [0, 0.05) is 78.8 Å². The molecule has 7 N–H and O–H groups in total. The lowest BCUT2D eigenvalue weighted by Crippen LogP contribution is -2.61. The number of aromatic nitrogens is 1. The van der Waals surface area contributed by atoms with Crippen LogP contribution >= 0.6 is 31.3 Å². The van der Waals surface area contributed by atoms with Crippen LogP contribution in [0, 0.1) is 11.8 Å². The molecule has 4 aromatic rings. The maximum Gasteiger partial charge on any atom is 0.389 e. The van der Waals surface area contributed by atoms with Gasteiger partial charge in [-0.15, -0.1) is 22.7 Å². The van der Waals surface area contributed by atoms with E-state index in [1.807, 2.05) is 6.07 Å². The van der Waals surface area contributed by atoms with E-state index in [-0.39, 0.29) is 86.1 Å². The van der Waals surface area contributed by atoms with Crippen LogP contribution in [0.4, 0.5) is 8.78 Å². The fraction of sp³-hybridized carbons (Fsp3) is 0.438. The molecule has 0 saturated carbocycles. The lowest BCUT2D eigenvalue weighted by atomic mass is 10.0. The van der Waals surface area contributed by atoms with E-state index in [0.717, 1.165) is 29.0 Å². The molecule has 380 valence electrons. The number of piperidine rings is 1. The number of alkyl halides is 2. The number of primary amides is 1. The molecule has 0 spiro atoms. The summed E-state index contributed by atoms with van der Waals surface area (Å²) in [6, 6.07) is 5.86. The number of halogens is 2. The Hall–Kier alpha value is -6.28. The van der Waals surface area contributed by atoms with Crippen molar-refractivity contribution in [1.82, 2.24) is 35.6 Å². The van der Waals surface area contributed by atoms with Crippen LogP contribution in [0.5, 0.6) is 0 Å². The van der Waals surface area contributed by atoms with Crippen LogP contribution in [0.25, 0.3) is 10.1 Å². The second-order valence-electron chi connectivity index (χ2n) is 17.9. The number of imide groups is 1. The van der Waals surface area contributed by atoms with Crippen LogP contribution in [0.2, 0.25) is 0 Å². The number of thiophene rings is 1. The number of nitrogens with zero attached hydrogens (tertiary/aromatic N) is 4. The summed E-state index contributed by atoms with van der Waals surface area (Å²) in [4.78, 5) is 133. The van der Waals surface area contributed by atoms with Crippen LogP contribution in [-0.2, 0) is 45.9 Å². The number of thiazole rings is 1. The Labute approximate surface area is 420 Å². The number of carbonyl (C=O) groups excluding carboxylic acids is 8. The molecule has 3 saturated heterocycles. The predicted molar refractivity (Wildman–Crippen MR) is 258 cm³/mol. The van der Waals surface area contributed by atoms with Crippen molar-refractivity contribution < 1.29 is 61.4 Å². The molecule has 2 aromatic heterocycles. The van der Waals surface area contributed by atoms with Gasteiger partial charge in [-0.25, -0.2) is 9.51 Å². The number of nitrogens with one attached hydrogen (secondary N) is 3. The first-order valence-electron chi connectivity index (χ1n) is 23.4. The van der Waals surface area contributed by atoms with E-state index in [0.29, 0.717) is 59.4 Å². The Morgan fingerprint density at radius 2 is 1.85 bits per heavy atom. The number of fused-ring (bicyclic) bond motifs is 3. The minimum atomic E-state index is -4.04. The monoisotopic (exact) mass is 1050 g/mol. The van der Waals surface area contributed by atoms with Crippen molar-refractivity contribution in [3.05, 3.63) is 86.2 Å². The van der Waals surface area contributed by atoms with E-state index in [1.165, 1.54) is 33.3 Å². The summed E-state index contributed by atoms with van der Waals surface area (Å²) in [5.74, 6) is 2.58. The Morgan fingerprint density at radius 1 is 1.03 bits per heavy atom. The number of amides is 8. The van der Waals surface area contributed by atoms with E-state index < -0.39 is 80.0 Å². The Kier molecular flexibility index (Phi) is 16.4. The summed E-state index contributed by atoms with van der Waals surface area (Å²) < 4.78 is 33.7. The number of benzene rings is 2. The maximum absolute atomic E-state index is 14.8. The van der Waals surface area contributed by atoms with Gasteiger partial charge < -0.3 is 40.9 Å². The minimum absolute atomic E-state index is 0.0237. The van der Waals surface area contributed by atoms with Gasteiger partial charge in [-0.2, -0.15) is 8.78 Å². The maximum atomic E-state index is 14.8. The molecule has 1 unspecified atom stereocenters. The zero-order valence-corrected chi connectivity index (χ0v) is 41.2. The molecule has 0 aliphatic carbocycles. The summed E-state index contributed by atoms with van der Waals surface area (Å²) in [5, 5.41) is 10.5. The summed E-state index contributed by atoms with van der Waals surface area (Å²) in [6.45, 7) is 0.201. The lowest BCUT2D eigenvalue weighted by Gasteiger charge is -2.39. The molecule has 2 aromatic carbocycles. The highest BCUT2D eigenvalue weighted by Gasteiger charge is 2.46. The number of hydrogen-bond donors (Lipinski definition) is 6. The van der Waals surface area contributed by atoms with E-state index in [4.69, 9.17) is 15.5 Å². The van der Waals surface area contributed by atoms with Gasteiger partial charge in [0.25, 0.3) is 11.8 Å². The highest BCUT2D eigenvalue weighted by atomic mass is 32.1. The number of carbonyl (C=O) groups is 8. The van der Waals surface area contributed by atoms with Gasteiger partial charge in [0.15, 0.2) is 0 Å². The fourth-order valence-corrected chi connectivity index (χ4v) is 11.6. The standard InChI is InChI=1S/C48H51F2N8O11PS2/c49-48(50,69-70(67)68)29-11-16-37-28(23-29)24-38(72-37)44(64)54-34-26-56(21-19-30-12-14-36(58(30)47(34)66)43(63)53-33(13-17-39(51)59)45-52-20-22-71-45)41(61)10-5-3-1-2-4-7-27-8-6-9-31-32(27)25-57(46(31)65)35-15-18-40(60)55-42(35)62/h6,8-9,11,16,20,22-24,30,33-36,67-68H,1-3,5,10,12-15,17-19,21,25-26H2,(H2,51,59)(H,53,63)(H,54,64)(H,55,60,62)/t30-,33+,34+,35?,36+/m1/s1. The molecular formula is C48H51F2N8O11PS2. The average molecular weight is 1050 g/mol. The number of hydrogen-bond acceptors (Lipinski definition) is 14. The molecule has 0 bridgehead atoms. The molecule has 0 radical (unpaired) electrons. The third-order valence-electron chi connectivity index (χ3n) is 13.2. The topological polar surface area (TPSA) is 271 Å². The number of unbranched alkanes of at least 4 members (excludes halogenated alkanes) is 3. The van der Waals surface area contributed by atoms with Crippen molar-refractivity contribution in [3.63, 3.8) is 0 Å². The molecule has 6 heterocycles. The van der Waals surface area contributed by atoms with Crippen molar-refractivity contribution in [3.8, 4) is 11.8 Å². The van der Waals surface area contributed by atoms with Gasteiger partial charge >= 0.3 is 14.7 Å². The second-order valence-corrected chi connectivity index (χ2v) is 20.6. The first-order chi connectivity index (χ1) is 34.5. The molecule has 8 amide bonds. The molecule has 5 atom stereocenters. The van der Waals surface area contributed by atoms with Crippen LogP contribution in [0.15, 0.2) is 54.0 Å². The molecule has 4 aliphatic rings. The van der Waals surface area contributed by atoms with Crippen LogP contribution in [-0.4, -0.2) is 114 Å². The third kappa shape index (κ3) is 12.0. The highest BCUT2D eigenvalue weighted by molar-refractivity contribution is 7.39. The zero-order valence-electron chi connectivity index (χ0n) is 38.6. The lowest BCUT2D eigenvalue weighted by molar-refractivity contribution is -0.189. The van der Waals surface area contributed by atoms with Gasteiger partial charge in [0.1, 0.15) is 23.1 Å². The van der Waals surface area contributed by atoms with E-state index in [1.54, 1.807) is 28.6 Å². The van der Waals surface area contributed by atoms with Gasteiger partial charge in [-0.05, 0) is 92.3 Å². The van der Waals surface area contributed by atoms with Crippen molar-refractivity contribution in [2.75, 3.05) is 13.1 Å². The summed E-state index contributed by atoms with van der Waals surface area (Å²) in [5.41, 5.74) is 6.61. The predicted octanol–water partition coefficient (Wildman–Crippen LogP) is 4.21. The summed E-state index contributed by atoms with van der Waals surface area (Å²) >= 11 is 2.25. The zero-order chi connectivity index (χ0) is 51.3. The molecule has 72 heavy (non-hydrogen) atoms. The first kappa shape index (κ1) is 52.1. The average Bonchev–Trinajstić information content (AvgIpc) is 4.17. The Morgan fingerprint density at radius 3 is 2.60 bits per heavy atom.